The van der Waals surface area contributed by atoms with Gasteiger partial charge in [0.25, 0.3) is 0 Å². The van der Waals surface area contributed by atoms with Crippen molar-refractivity contribution in [2.75, 3.05) is 25.0 Å². The average Bonchev–Trinajstić information content (AvgIpc) is 2.71. The van der Waals surface area contributed by atoms with E-state index in [4.69, 9.17) is 4.98 Å². The minimum atomic E-state index is 0.352. The fourth-order valence-corrected chi connectivity index (χ4v) is 3.49. The monoisotopic (exact) mass is 377 g/mol. The Labute approximate surface area is 168 Å². The molecule has 0 fully saturated rings. The summed E-state index contributed by atoms with van der Waals surface area (Å²) in [5.74, 6) is 0.702. The number of aromatic nitrogens is 3. The molecule has 2 aromatic heterocycles. The second kappa shape index (κ2) is 9.60. The fraction of sp³-hybridized carbons (Fsp3) is 0.435. The number of hydrogen-bond donors (Lipinski definition) is 1. The summed E-state index contributed by atoms with van der Waals surface area (Å²) in [6, 6.07) is 8.69. The van der Waals surface area contributed by atoms with Gasteiger partial charge in [-0.25, -0.2) is 9.97 Å². The van der Waals surface area contributed by atoms with Crippen LogP contribution in [0.2, 0.25) is 0 Å². The lowest BCUT2D eigenvalue weighted by Crippen LogP contribution is -2.25. The first-order valence-electron chi connectivity index (χ1n) is 10.3. The Morgan fingerprint density at radius 3 is 2.68 bits per heavy atom. The van der Waals surface area contributed by atoms with Gasteiger partial charge in [-0.3, -0.25) is 4.98 Å². The second-order valence-electron chi connectivity index (χ2n) is 7.37. The highest BCUT2D eigenvalue weighted by molar-refractivity contribution is 5.85. The summed E-state index contributed by atoms with van der Waals surface area (Å²) >= 11 is 0. The average molecular weight is 378 g/mol. The molecule has 0 unspecified atom stereocenters. The molecule has 3 rings (SSSR count). The van der Waals surface area contributed by atoms with Gasteiger partial charge < -0.3 is 10.2 Å². The third-order valence-electron chi connectivity index (χ3n) is 5.31. The molecule has 5 nitrogen and oxygen atoms in total. The number of aryl methyl sites for hydroxylation is 1. The summed E-state index contributed by atoms with van der Waals surface area (Å²) in [6.07, 6.45) is 7.92. The first-order valence-corrected chi connectivity index (χ1v) is 10.3. The number of benzene rings is 1. The van der Waals surface area contributed by atoms with E-state index in [2.05, 4.69) is 66.1 Å². The number of nitrogens with zero attached hydrogens (tertiary/aromatic N) is 4. The molecule has 0 bridgehead atoms. The predicted molar refractivity (Wildman–Crippen MR) is 118 cm³/mol. The fourth-order valence-electron chi connectivity index (χ4n) is 3.49. The molecule has 0 amide bonds. The highest BCUT2D eigenvalue weighted by atomic mass is 15.1. The van der Waals surface area contributed by atoms with Gasteiger partial charge in [-0.1, -0.05) is 19.9 Å². The quantitative estimate of drug-likeness (QED) is 0.573. The molecule has 5 heteroatoms. The third-order valence-corrected chi connectivity index (χ3v) is 5.31. The molecule has 28 heavy (non-hydrogen) atoms. The van der Waals surface area contributed by atoms with Gasteiger partial charge in [-0.2, -0.15) is 0 Å². The van der Waals surface area contributed by atoms with Crippen LogP contribution in [0.15, 0.2) is 42.9 Å². The first-order chi connectivity index (χ1) is 13.6. The smallest absolute Gasteiger partial charge is 0.223 e. The zero-order chi connectivity index (χ0) is 19.9. The summed E-state index contributed by atoms with van der Waals surface area (Å²) < 4.78 is 0. The third kappa shape index (κ3) is 5.04. The highest BCUT2D eigenvalue weighted by Gasteiger charge is 2.08. The van der Waals surface area contributed by atoms with Crippen LogP contribution in [0.5, 0.6) is 0 Å². The van der Waals surface area contributed by atoms with Gasteiger partial charge in [-0.05, 0) is 75.6 Å². The standard InChI is InChI=1S/C23H31N5/c1-5-28(6-2)13-7-8-18(4)26-23-25-15-20-14-19(9-10-22(20)27-23)21-16-24-12-11-17(21)3/h9-12,14-16,18H,5-8,13H2,1-4H3,(H,25,26,27)/t18-/m1/s1. The normalized spacial score (nSPS) is 12.5. The van der Waals surface area contributed by atoms with Crippen molar-refractivity contribution < 1.29 is 0 Å². The molecular weight excluding hydrogens is 346 g/mol. The molecule has 0 saturated carbocycles. The Balaban J connectivity index is 1.66. The van der Waals surface area contributed by atoms with Crippen LogP contribution in [0.25, 0.3) is 22.0 Å². The van der Waals surface area contributed by atoms with Crippen molar-refractivity contribution in [3.05, 3.63) is 48.4 Å². The Bertz CT molecular complexity index is 904. The molecule has 0 aliphatic heterocycles. The molecule has 1 atom stereocenters. The van der Waals surface area contributed by atoms with E-state index in [9.17, 15) is 0 Å². The second-order valence-corrected chi connectivity index (χ2v) is 7.37. The van der Waals surface area contributed by atoms with Crippen molar-refractivity contribution >= 4 is 16.9 Å². The molecule has 0 aliphatic rings. The highest BCUT2D eigenvalue weighted by Crippen LogP contribution is 2.25. The van der Waals surface area contributed by atoms with E-state index in [0.29, 0.717) is 12.0 Å². The summed E-state index contributed by atoms with van der Waals surface area (Å²) in [5.41, 5.74) is 4.46. The lowest BCUT2D eigenvalue weighted by molar-refractivity contribution is 0.295. The molecule has 0 radical (unpaired) electrons. The van der Waals surface area contributed by atoms with Crippen LogP contribution in [-0.2, 0) is 0 Å². The molecular formula is C23H31N5. The molecule has 0 aliphatic carbocycles. The molecule has 2 heterocycles. The van der Waals surface area contributed by atoms with Crippen molar-refractivity contribution in [1.29, 1.82) is 0 Å². The summed E-state index contributed by atoms with van der Waals surface area (Å²) in [6.45, 7) is 12.1. The number of anilines is 1. The van der Waals surface area contributed by atoms with E-state index in [-0.39, 0.29) is 0 Å². The van der Waals surface area contributed by atoms with Gasteiger partial charge in [0.05, 0.1) is 5.52 Å². The number of nitrogens with one attached hydrogen (secondary N) is 1. The van der Waals surface area contributed by atoms with E-state index in [0.717, 1.165) is 48.1 Å². The Hall–Kier alpha value is -2.53. The Kier molecular flexibility index (Phi) is 6.93. The van der Waals surface area contributed by atoms with Crippen molar-refractivity contribution in [3.8, 4) is 11.1 Å². The Morgan fingerprint density at radius 1 is 1.11 bits per heavy atom. The molecule has 1 N–H and O–H groups in total. The van der Waals surface area contributed by atoms with Crippen LogP contribution in [0.3, 0.4) is 0 Å². The zero-order valence-corrected chi connectivity index (χ0v) is 17.4. The number of pyridine rings is 1. The minimum Gasteiger partial charge on any atom is -0.352 e. The lowest BCUT2D eigenvalue weighted by Gasteiger charge is -2.19. The first kappa shape index (κ1) is 20.2. The van der Waals surface area contributed by atoms with Crippen LogP contribution in [-0.4, -0.2) is 45.5 Å². The van der Waals surface area contributed by atoms with Crippen LogP contribution in [0.4, 0.5) is 5.95 Å². The summed E-state index contributed by atoms with van der Waals surface area (Å²) in [4.78, 5) is 15.9. The SMILES string of the molecule is CCN(CC)CCC[C@@H](C)Nc1ncc2cc(-c3cnccc3C)ccc2n1. The molecule has 0 saturated heterocycles. The van der Waals surface area contributed by atoms with Gasteiger partial charge in [0.1, 0.15) is 0 Å². The van der Waals surface area contributed by atoms with E-state index in [1.54, 1.807) is 0 Å². The van der Waals surface area contributed by atoms with Crippen LogP contribution >= 0.6 is 0 Å². The summed E-state index contributed by atoms with van der Waals surface area (Å²) in [7, 11) is 0. The van der Waals surface area contributed by atoms with E-state index >= 15 is 0 Å². The molecule has 3 aromatic rings. The van der Waals surface area contributed by atoms with Crippen LogP contribution < -0.4 is 5.32 Å². The van der Waals surface area contributed by atoms with Gasteiger partial charge in [0.15, 0.2) is 0 Å². The minimum absolute atomic E-state index is 0.352. The number of rotatable bonds is 9. The van der Waals surface area contributed by atoms with Crippen LogP contribution in [0, 0.1) is 6.92 Å². The lowest BCUT2D eigenvalue weighted by atomic mass is 10.0. The van der Waals surface area contributed by atoms with Crippen molar-refractivity contribution in [1.82, 2.24) is 19.9 Å². The van der Waals surface area contributed by atoms with Crippen LogP contribution in [0.1, 0.15) is 39.2 Å². The van der Waals surface area contributed by atoms with Gasteiger partial charge in [0.2, 0.25) is 5.95 Å². The predicted octanol–water partition coefficient (Wildman–Crippen LogP) is 4.92. The maximum atomic E-state index is 4.70. The van der Waals surface area contributed by atoms with Gasteiger partial charge in [0, 0.05) is 35.6 Å². The molecule has 148 valence electrons. The maximum absolute atomic E-state index is 4.70. The van der Waals surface area contributed by atoms with E-state index < -0.39 is 0 Å². The zero-order valence-electron chi connectivity index (χ0n) is 17.4. The van der Waals surface area contributed by atoms with Crippen molar-refractivity contribution in [2.45, 2.75) is 46.6 Å². The molecule has 1 aromatic carbocycles. The topological polar surface area (TPSA) is 53.9 Å². The number of hydrogen-bond acceptors (Lipinski definition) is 5. The van der Waals surface area contributed by atoms with E-state index in [1.165, 1.54) is 12.0 Å². The van der Waals surface area contributed by atoms with E-state index in [1.807, 2.05) is 24.7 Å². The maximum Gasteiger partial charge on any atom is 0.223 e. The largest absolute Gasteiger partial charge is 0.352 e. The van der Waals surface area contributed by atoms with Gasteiger partial charge in [-0.15, -0.1) is 0 Å². The molecule has 0 spiro atoms. The van der Waals surface area contributed by atoms with Gasteiger partial charge >= 0.3 is 0 Å². The Morgan fingerprint density at radius 2 is 1.93 bits per heavy atom. The summed E-state index contributed by atoms with van der Waals surface area (Å²) in [5, 5.41) is 4.49. The van der Waals surface area contributed by atoms with Crippen molar-refractivity contribution in [2.24, 2.45) is 0 Å². The number of fused-ring (bicyclic) bond motifs is 1. The van der Waals surface area contributed by atoms with Crippen molar-refractivity contribution in [3.63, 3.8) is 0 Å².